The Morgan fingerprint density at radius 3 is 2.91 bits per heavy atom. The molecule has 0 radical (unpaired) electrons. The molecular formula is C13H9BrN4O3S. The fourth-order valence-corrected chi connectivity index (χ4v) is 2.27. The molecular weight excluding hydrogens is 372 g/mol. The van der Waals surface area contributed by atoms with Crippen molar-refractivity contribution in [3.05, 3.63) is 45.3 Å². The number of benzene rings is 1. The first-order valence-corrected chi connectivity index (χ1v) is 7.23. The smallest absolute Gasteiger partial charge is 0.219 e. The van der Waals surface area contributed by atoms with Gasteiger partial charge in [0.15, 0.2) is 5.76 Å². The molecule has 0 aliphatic heterocycles. The van der Waals surface area contributed by atoms with Crippen LogP contribution in [0, 0.1) is 4.77 Å². The molecule has 1 aromatic carbocycles. The highest BCUT2D eigenvalue weighted by Crippen LogP contribution is 2.30. The monoisotopic (exact) mass is 380 g/mol. The lowest BCUT2D eigenvalue weighted by atomic mass is 10.2. The van der Waals surface area contributed by atoms with Crippen LogP contribution < -0.4 is 0 Å². The second kappa shape index (κ2) is 5.78. The highest BCUT2D eigenvalue weighted by atomic mass is 79.9. The number of aromatic hydroxyl groups is 2. The van der Waals surface area contributed by atoms with Crippen LogP contribution in [0.25, 0.3) is 11.6 Å². The second-order valence-electron chi connectivity index (χ2n) is 4.25. The number of aromatic nitrogens is 3. The molecule has 9 heteroatoms. The van der Waals surface area contributed by atoms with Gasteiger partial charge in [-0.3, -0.25) is 0 Å². The van der Waals surface area contributed by atoms with Gasteiger partial charge in [0.2, 0.25) is 10.6 Å². The summed E-state index contributed by atoms with van der Waals surface area (Å²) >= 11 is 8.23. The lowest BCUT2D eigenvalue weighted by Gasteiger charge is -2.02. The van der Waals surface area contributed by atoms with Gasteiger partial charge in [0.05, 0.1) is 17.0 Å². The van der Waals surface area contributed by atoms with Gasteiger partial charge in [0.1, 0.15) is 11.5 Å². The molecule has 0 saturated heterocycles. The first-order valence-electron chi connectivity index (χ1n) is 6.03. The molecule has 112 valence electrons. The molecule has 0 bridgehead atoms. The summed E-state index contributed by atoms with van der Waals surface area (Å²) in [6, 6.07) is 6.19. The lowest BCUT2D eigenvalue weighted by Crippen LogP contribution is -1.94. The number of phenols is 2. The van der Waals surface area contributed by atoms with Crippen molar-refractivity contribution >= 4 is 34.4 Å². The van der Waals surface area contributed by atoms with E-state index in [1.54, 1.807) is 12.1 Å². The average Bonchev–Trinajstić information content (AvgIpc) is 3.11. The van der Waals surface area contributed by atoms with Gasteiger partial charge in [0, 0.05) is 5.56 Å². The molecule has 2 aromatic heterocycles. The van der Waals surface area contributed by atoms with Crippen molar-refractivity contribution in [3.63, 3.8) is 0 Å². The highest BCUT2D eigenvalue weighted by Gasteiger charge is 2.11. The minimum absolute atomic E-state index is 0.0127. The van der Waals surface area contributed by atoms with E-state index in [1.165, 1.54) is 29.3 Å². The number of aromatic amines is 1. The normalized spacial score (nSPS) is 11.3. The van der Waals surface area contributed by atoms with Gasteiger partial charge in [-0.25, -0.2) is 5.10 Å². The zero-order chi connectivity index (χ0) is 15.7. The van der Waals surface area contributed by atoms with E-state index in [1.807, 2.05) is 0 Å². The number of hydrogen-bond acceptors (Lipinski definition) is 6. The number of phenolic OH excluding ortho intramolecular Hbond substituents is 2. The maximum absolute atomic E-state index is 9.86. The van der Waals surface area contributed by atoms with Crippen LogP contribution in [0.2, 0.25) is 0 Å². The van der Waals surface area contributed by atoms with E-state index in [0.29, 0.717) is 21.6 Å². The zero-order valence-corrected chi connectivity index (χ0v) is 13.3. The summed E-state index contributed by atoms with van der Waals surface area (Å²) in [5.41, 5.74) is 0.328. The van der Waals surface area contributed by atoms with E-state index in [2.05, 4.69) is 31.2 Å². The molecule has 0 saturated carbocycles. The summed E-state index contributed by atoms with van der Waals surface area (Å²) in [7, 11) is 0. The van der Waals surface area contributed by atoms with Crippen molar-refractivity contribution in [1.29, 1.82) is 0 Å². The molecule has 3 N–H and O–H groups in total. The van der Waals surface area contributed by atoms with Crippen molar-refractivity contribution < 1.29 is 14.6 Å². The van der Waals surface area contributed by atoms with Crippen molar-refractivity contribution in [2.24, 2.45) is 5.10 Å². The summed E-state index contributed by atoms with van der Waals surface area (Å²) in [5, 5.41) is 30.4. The molecule has 0 atom stereocenters. The zero-order valence-electron chi connectivity index (χ0n) is 10.9. The molecule has 0 unspecified atom stereocenters. The van der Waals surface area contributed by atoms with E-state index in [9.17, 15) is 10.2 Å². The minimum Gasteiger partial charge on any atom is -0.507 e. The number of H-pyrrole nitrogens is 1. The van der Waals surface area contributed by atoms with Gasteiger partial charge in [-0.15, -0.1) is 5.10 Å². The number of rotatable bonds is 3. The molecule has 22 heavy (non-hydrogen) atoms. The lowest BCUT2D eigenvalue weighted by molar-refractivity contribution is 0.456. The fourth-order valence-electron chi connectivity index (χ4n) is 1.75. The van der Waals surface area contributed by atoms with Crippen molar-refractivity contribution in [2.75, 3.05) is 0 Å². The van der Waals surface area contributed by atoms with Crippen LogP contribution in [-0.4, -0.2) is 31.3 Å². The third-order valence-corrected chi connectivity index (χ3v) is 3.70. The van der Waals surface area contributed by atoms with Gasteiger partial charge >= 0.3 is 0 Å². The largest absolute Gasteiger partial charge is 0.507 e. The Hall–Kier alpha value is -2.39. The number of nitrogens with one attached hydrogen (secondary N) is 1. The van der Waals surface area contributed by atoms with Crippen LogP contribution in [0.15, 0.2) is 44.5 Å². The molecule has 0 aliphatic carbocycles. The standard InChI is InChI=1S/C13H9BrN4O3S/c14-8-5-9(19)7(4-10(8)20)6-15-18-12(16-17-13(18)22)11-2-1-3-21-11/h1-6,19-20H,(H,17,22)/b15-6+. The van der Waals surface area contributed by atoms with Gasteiger partial charge < -0.3 is 14.6 Å². The summed E-state index contributed by atoms with van der Waals surface area (Å²) < 4.78 is 7.27. The van der Waals surface area contributed by atoms with E-state index in [0.717, 1.165) is 0 Å². The number of hydrogen-bond donors (Lipinski definition) is 3. The number of halogens is 1. The molecule has 0 fully saturated rings. The number of nitrogens with zero attached hydrogens (tertiary/aromatic N) is 3. The van der Waals surface area contributed by atoms with Crippen LogP contribution in [-0.2, 0) is 0 Å². The number of furan rings is 1. The second-order valence-corrected chi connectivity index (χ2v) is 5.49. The third-order valence-electron chi connectivity index (χ3n) is 2.80. The Balaban J connectivity index is 2.02. The van der Waals surface area contributed by atoms with E-state index >= 15 is 0 Å². The quantitative estimate of drug-likeness (QED) is 0.367. The van der Waals surface area contributed by atoms with Gasteiger partial charge in [0.25, 0.3) is 0 Å². The predicted octanol–water partition coefficient (Wildman–Crippen LogP) is 3.26. The maximum atomic E-state index is 9.86. The molecule has 0 aliphatic rings. The maximum Gasteiger partial charge on any atom is 0.219 e. The third kappa shape index (κ3) is 2.68. The fraction of sp³-hybridized carbons (Fsp3) is 0. The first kappa shape index (κ1) is 14.5. The van der Waals surface area contributed by atoms with Gasteiger partial charge in [-0.1, -0.05) is 0 Å². The van der Waals surface area contributed by atoms with Gasteiger partial charge in [-0.2, -0.15) is 9.78 Å². The highest BCUT2D eigenvalue weighted by molar-refractivity contribution is 9.10. The van der Waals surface area contributed by atoms with Crippen LogP contribution in [0.3, 0.4) is 0 Å². The Labute approximate surface area is 137 Å². The molecule has 0 spiro atoms. The van der Waals surface area contributed by atoms with Crippen LogP contribution >= 0.6 is 28.1 Å². The Morgan fingerprint density at radius 1 is 1.36 bits per heavy atom. The van der Waals surface area contributed by atoms with Crippen molar-refractivity contribution in [1.82, 2.24) is 14.9 Å². The minimum atomic E-state index is -0.0389. The van der Waals surface area contributed by atoms with E-state index < -0.39 is 0 Å². The summed E-state index contributed by atoms with van der Waals surface area (Å²) in [6.45, 7) is 0. The summed E-state index contributed by atoms with van der Waals surface area (Å²) in [6.07, 6.45) is 2.87. The van der Waals surface area contributed by atoms with Crippen LogP contribution in [0.1, 0.15) is 5.56 Å². The van der Waals surface area contributed by atoms with Crippen LogP contribution in [0.5, 0.6) is 11.5 Å². The molecule has 0 amide bonds. The van der Waals surface area contributed by atoms with Gasteiger partial charge in [-0.05, 0) is 52.4 Å². The Morgan fingerprint density at radius 2 is 2.18 bits per heavy atom. The molecule has 3 rings (SSSR count). The molecule has 7 nitrogen and oxygen atoms in total. The summed E-state index contributed by atoms with van der Waals surface area (Å²) in [4.78, 5) is 0. The van der Waals surface area contributed by atoms with E-state index in [4.69, 9.17) is 16.6 Å². The SMILES string of the molecule is Oc1cc(/C=N/n2c(-c3ccco3)n[nH]c2=S)c(O)cc1Br. The Bertz CT molecular complexity index is 899. The predicted molar refractivity (Wildman–Crippen MR) is 85.6 cm³/mol. The topological polar surface area (TPSA) is 99.6 Å². The van der Waals surface area contributed by atoms with Crippen molar-refractivity contribution in [3.8, 4) is 23.1 Å². The Kier molecular flexibility index (Phi) is 3.82. The first-order chi connectivity index (χ1) is 10.6. The molecule has 3 aromatic rings. The van der Waals surface area contributed by atoms with Crippen LogP contribution in [0.4, 0.5) is 0 Å². The molecule has 2 heterocycles. The average molecular weight is 381 g/mol. The van der Waals surface area contributed by atoms with E-state index in [-0.39, 0.29) is 16.3 Å². The summed E-state index contributed by atoms with van der Waals surface area (Å²) in [5.74, 6) is 0.837. The van der Waals surface area contributed by atoms with Crippen molar-refractivity contribution in [2.45, 2.75) is 0 Å².